The Hall–Kier alpha value is -1.16. The van der Waals surface area contributed by atoms with Gasteiger partial charge in [-0.25, -0.2) is 0 Å². The van der Waals surface area contributed by atoms with Crippen LogP contribution in [0.5, 0.6) is 0 Å². The van der Waals surface area contributed by atoms with Gasteiger partial charge in [-0.3, -0.25) is 0 Å². The Balaban J connectivity index is 1.94. The van der Waals surface area contributed by atoms with Gasteiger partial charge in [0.25, 0.3) is 0 Å². The molecule has 0 fully saturated rings. The van der Waals surface area contributed by atoms with Crippen LogP contribution in [0.25, 0.3) is 5.57 Å². The zero-order chi connectivity index (χ0) is 14.7. The highest BCUT2D eigenvalue weighted by Crippen LogP contribution is 2.39. The van der Waals surface area contributed by atoms with Crippen molar-refractivity contribution >= 4 is 16.9 Å². The van der Waals surface area contributed by atoms with E-state index in [1.165, 1.54) is 27.2 Å². The molecule has 0 saturated carbocycles. The van der Waals surface area contributed by atoms with Crippen molar-refractivity contribution in [1.82, 2.24) is 5.32 Å². The minimum atomic E-state index is 0.191. The molecule has 1 atom stereocenters. The molecule has 0 aromatic carbocycles. The van der Waals surface area contributed by atoms with Crippen LogP contribution in [-0.2, 0) is 11.2 Å². The smallest absolute Gasteiger partial charge is 0.0965 e. The molecule has 0 radical (unpaired) electrons. The molecular weight excluding hydrogens is 278 g/mol. The minimum absolute atomic E-state index is 0.191. The van der Waals surface area contributed by atoms with Crippen LogP contribution < -0.4 is 5.32 Å². The summed E-state index contributed by atoms with van der Waals surface area (Å²) in [5.74, 6) is 0. The van der Waals surface area contributed by atoms with Gasteiger partial charge < -0.3 is 10.1 Å². The zero-order valence-electron chi connectivity index (χ0n) is 12.8. The van der Waals surface area contributed by atoms with Crippen molar-refractivity contribution in [3.63, 3.8) is 0 Å². The molecule has 1 unspecified atom stereocenters. The summed E-state index contributed by atoms with van der Waals surface area (Å²) in [5, 5.41) is 5.57. The lowest BCUT2D eigenvalue weighted by Crippen LogP contribution is -2.25. The van der Waals surface area contributed by atoms with E-state index in [1.54, 1.807) is 0 Å². The first-order chi connectivity index (χ1) is 10.3. The van der Waals surface area contributed by atoms with Gasteiger partial charge in [0.2, 0.25) is 0 Å². The number of likely N-dealkylation sites (N-methyl/N-ethyl adjacent to an activating group) is 1. The van der Waals surface area contributed by atoms with E-state index in [9.17, 15) is 0 Å². The van der Waals surface area contributed by atoms with E-state index in [4.69, 9.17) is 4.74 Å². The topological polar surface area (TPSA) is 21.3 Å². The van der Waals surface area contributed by atoms with Crippen molar-refractivity contribution in [3.05, 3.63) is 51.3 Å². The lowest BCUT2D eigenvalue weighted by molar-refractivity contribution is 0.0449. The number of hydrogen-bond acceptors (Lipinski definition) is 3. The number of rotatable bonds is 4. The summed E-state index contributed by atoms with van der Waals surface area (Å²) >= 11 is 1.89. The van der Waals surface area contributed by atoms with Crippen LogP contribution in [0.2, 0.25) is 0 Å². The summed E-state index contributed by atoms with van der Waals surface area (Å²) in [4.78, 5) is 1.50. The average Bonchev–Trinajstić information content (AvgIpc) is 2.79. The third-order valence-corrected chi connectivity index (χ3v) is 5.29. The summed E-state index contributed by atoms with van der Waals surface area (Å²) in [6.07, 6.45) is 12.5. The van der Waals surface area contributed by atoms with Crippen LogP contribution >= 0.6 is 11.3 Å². The quantitative estimate of drug-likeness (QED) is 0.897. The average molecular weight is 301 g/mol. The third-order valence-electron chi connectivity index (χ3n) is 4.23. The Morgan fingerprint density at radius 1 is 1.43 bits per heavy atom. The van der Waals surface area contributed by atoms with E-state index in [-0.39, 0.29) is 6.10 Å². The van der Waals surface area contributed by atoms with Gasteiger partial charge in [-0.15, -0.1) is 11.3 Å². The van der Waals surface area contributed by atoms with Gasteiger partial charge in [0.05, 0.1) is 12.7 Å². The highest BCUT2D eigenvalue weighted by molar-refractivity contribution is 7.10. The van der Waals surface area contributed by atoms with E-state index >= 15 is 0 Å². The van der Waals surface area contributed by atoms with E-state index in [1.807, 2.05) is 18.4 Å². The summed E-state index contributed by atoms with van der Waals surface area (Å²) in [6.45, 7) is 3.95. The molecule has 1 aliphatic heterocycles. The summed E-state index contributed by atoms with van der Waals surface area (Å²) in [7, 11) is 1.99. The van der Waals surface area contributed by atoms with Crippen molar-refractivity contribution in [2.24, 2.45) is 0 Å². The molecule has 3 heteroatoms. The van der Waals surface area contributed by atoms with Crippen LogP contribution in [0.3, 0.4) is 0 Å². The third kappa shape index (κ3) is 3.05. The molecular formula is C18H23NOS. The summed E-state index contributed by atoms with van der Waals surface area (Å²) in [5.41, 5.74) is 5.63. The Morgan fingerprint density at radius 3 is 3.14 bits per heavy atom. The zero-order valence-corrected chi connectivity index (χ0v) is 13.6. The molecule has 0 amide bonds. The van der Waals surface area contributed by atoms with Crippen molar-refractivity contribution in [2.45, 2.75) is 32.3 Å². The molecule has 1 aromatic rings. The summed E-state index contributed by atoms with van der Waals surface area (Å²) in [6, 6.07) is 0. The van der Waals surface area contributed by atoms with Crippen molar-refractivity contribution in [2.75, 3.05) is 20.2 Å². The second-order valence-corrected chi connectivity index (χ2v) is 6.52. The standard InChI is InChI=1S/C18H23NOS/c1-3-13-5-4-6-14(8-7-13)15-12-21-17-9-10-20-16(11-19-2)18(15)17/h4-6,8,12,16,19H,3,7,9-11H2,1-2H3. The Labute approximate surface area is 131 Å². The van der Waals surface area contributed by atoms with E-state index < -0.39 is 0 Å². The maximum atomic E-state index is 5.99. The first kappa shape index (κ1) is 14.8. The fourth-order valence-corrected chi connectivity index (χ4v) is 4.12. The number of ether oxygens (including phenoxy) is 1. The highest BCUT2D eigenvalue weighted by atomic mass is 32.1. The van der Waals surface area contributed by atoms with Crippen molar-refractivity contribution < 1.29 is 4.74 Å². The number of hydrogen-bond donors (Lipinski definition) is 1. The van der Waals surface area contributed by atoms with Gasteiger partial charge in [0, 0.05) is 23.4 Å². The molecule has 1 N–H and O–H groups in total. The van der Waals surface area contributed by atoms with Gasteiger partial charge in [-0.05, 0) is 36.4 Å². The normalized spacial score (nSPS) is 21.5. The van der Waals surface area contributed by atoms with Crippen LogP contribution in [-0.4, -0.2) is 20.2 Å². The molecule has 2 aliphatic rings. The highest BCUT2D eigenvalue weighted by Gasteiger charge is 2.26. The Bertz CT molecular complexity index is 594. The van der Waals surface area contributed by atoms with Crippen molar-refractivity contribution in [1.29, 1.82) is 0 Å². The Kier molecular flexibility index (Phi) is 4.73. The second-order valence-electron chi connectivity index (χ2n) is 5.55. The van der Waals surface area contributed by atoms with Gasteiger partial charge >= 0.3 is 0 Å². The number of nitrogens with one attached hydrogen (secondary N) is 1. The van der Waals surface area contributed by atoms with Crippen LogP contribution in [0.15, 0.2) is 35.3 Å². The predicted octanol–water partition coefficient (Wildman–Crippen LogP) is 4.26. The molecule has 0 spiro atoms. The first-order valence-electron chi connectivity index (χ1n) is 7.76. The molecule has 1 aromatic heterocycles. The molecule has 2 heterocycles. The largest absolute Gasteiger partial charge is 0.372 e. The van der Waals surface area contributed by atoms with E-state index in [0.717, 1.165) is 32.4 Å². The molecule has 2 nitrogen and oxygen atoms in total. The van der Waals surface area contributed by atoms with Crippen LogP contribution in [0.4, 0.5) is 0 Å². The SMILES string of the molecule is CCC1=CC=CC(c2csc3c2C(CNC)OCC3)=CC1. The molecule has 1 aliphatic carbocycles. The Morgan fingerprint density at radius 2 is 2.33 bits per heavy atom. The second kappa shape index (κ2) is 6.73. The van der Waals surface area contributed by atoms with Gasteiger partial charge in [-0.1, -0.05) is 36.8 Å². The first-order valence-corrected chi connectivity index (χ1v) is 8.64. The monoisotopic (exact) mass is 301 g/mol. The van der Waals surface area contributed by atoms with Gasteiger partial charge in [0.15, 0.2) is 0 Å². The number of allylic oxidation sites excluding steroid dienone is 6. The lowest BCUT2D eigenvalue weighted by atomic mass is 9.95. The molecule has 0 saturated heterocycles. The molecule has 0 bridgehead atoms. The van der Waals surface area contributed by atoms with Crippen molar-refractivity contribution in [3.8, 4) is 0 Å². The maximum absolute atomic E-state index is 5.99. The molecule has 112 valence electrons. The van der Waals surface area contributed by atoms with Crippen LogP contribution in [0.1, 0.15) is 41.9 Å². The number of thiophene rings is 1. The predicted molar refractivity (Wildman–Crippen MR) is 90.8 cm³/mol. The van der Waals surface area contributed by atoms with Gasteiger partial charge in [0.1, 0.15) is 0 Å². The van der Waals surface area contributed by atoms with Crippen LogP contribution in [0, 0.1) is 0 Å². The fraction of sp³-hybridized carbons (Fsp3) is 0.444. The molecule has 21 heavy (non-hydrogen) atoms. The molecule has 3 rings (SSSR count). The van der Waals surface area contributed by atoms with E-state index in [0.29, 0.717) is 0 Å². The number of fused-ring (bicyclic) bond motifs is 1. The summed E-state index contributed by atoms with van der Waals surface area (Å²) < 4.78 is 5.99. The minimum Gasteiger partial charge on any atom is -0.372 e. The van der Waals surface area contributed by atoms with Gasteiger partial charge in [-0.2, -0.15) is 0 Å². The van der Waals surface area contributed by atoms with E-state index in [2.05, 4.69) is 41.9 Å². The maximum Gasteiger partial charge on any atom is 0.0965 e. The fourth-order valence-electron chi connectivity index (χ4n) is 3.03. The lowest BCUT2D eigenvalue weighted by Gasteiger charge is -2.25.